The molecule has 0 radical (unpaired) electrons. The highest BCUT2D eigenvalue weighted by Crippen LogP contribution is 2.23. The van der Waals surface area contributed by atoms with Crippen LogP contribution in [-0.4, -0.2) is 57.8 Å². The molecule has 1 amide bonds. The van der Waals surface area contributed by atoms with Gasteiger partial charge in [0, 0.05) is 6.92 Å². The third-order valence-corrected chi connectivity index (χ3v) is 2.61. The number of aliphatic hydroxyl groups is 3. The molecule has 1 rings (SSSR count). The lowest BCUT2D eigenvalue weighted by Gasteiger charge is -2.40. The minimum Gasteiger partial charge on any atom is -0.394 e. The van der Waals surface area contributed by atoms with Crippen LogP contribution in [0.25, 0.3) is 0 Å². The van der Waals surface area contributed by atoms with Crippen molar-refractivity contribution < 1.29 is 24.9 Å². The Bertz CT molecular complexity index is 239. The molecule has 1 aliphatic rings. The molecule has 6 nitrogen and oxygen atoms in total. The third kappa shape index (κ3) is 2.79. The van der Waals surface area contributed by atoms with Gasteiger partial charge in [-0.15, -0.1) is 0 Å². The molecular weight excluding hydrogens is 226 g/mol. The number of ether oxygens (including phenoxy) is 1. The Labute approximate surface area is 91.8 Å². The Hall–Kier alpha value is -0.400. The second-order valence-corrected chi connectivity index (χ2v) is 3.85. The van der Waals surface area contributed by atoms with Gasteiger partial charge >= 0.3 is 0 Å². The summed E-state index contributed by atoms with van der Waals surface area (Å²) < 4.78 is 5.02. The van der Waals surface area contributed by atoms with Crippen LogP contribution in [0.2, 0.25) is 0 Å². The molecule has 5 atom stereocenters. The van der Waals surface area contributed by atoms with Crippen LogP contribution in [0.1, 0.15) is 6.92 Å². The lowest BCUT2D eigenvalue weighted by molar-refractivity contribution is -0.175. The summed E-state index contributed by atoms with van der Waals surface area (Å²) in [6.45, 7) is 0.815. The van der Waals surface area contributed by atoms with Gasteiger partial charge in [-0.05, 0) is 0 Å². The molecule has 88 valence electrons. The van der Waals surface area contributed by atoms with Crippen molar-refractivity contribution in [3.8, 4) is 0 Å². The zero-order valence-electron chi connectivity index (χ0n) is 8.13. The lowest BCUT2D eigenvalue weighted by Crippen LogP contribution is -2.62. The molecule has 1 fully saturated rings. The maximum absolute atomic E-state index is 10.8. The van der Waals surface area contributed by atoms with Gasteiger partial charge in [-0.25, -0.2) is 0 Å². The molecule has 1 saturated heterocycles. The maximum Gasteiger partial charge on any atom is 0.217 e. The quantitative estimate of drug-likeness (QED) is 0.425. The molecule has 0 aromatic heterocycles. The molecule has 0 aromatic carbocycles. The minimum atomic E-state index is -1.28. The molecule has 0 aliphatic carbocycles. The van der Waals surface area contributed by atoms with Gasteiger partial charge in [-0.3, -0.25) is 4.79 Å². The van der Waals surface area contributed by atoms with Gasteiger partial charge in [0.2, 0.25) is 5.91 Å². The number of rotatable bonds is 2. The Morgan fingerprint density at radius 1 is 1.47 bits per heavy atom. The summed E-state index contributed by atoms with van der Waals surface area (Å²) in [6, 6.07) is -0.887. The van der Waals surface area contributed by atoms with Crippen LogP contribution in [0.3, 0.4) is 0 Å². The van der Waals surface area contributed by atoms with Crippen molar-refractivity contribution in [1.29, 1.82) is 0 Å². The minimum absolute atomic E-state index is 0.386. The van der Waals surface area contributed by atoms with Crippen LogP contribution in [0.15, 0.2) is 0 Å². The van der Waals surface area contributed by atoms with E-state index in [2.05, 4.69) is 5.32 Å². The first-order chi connectivity index (χ1) is 6.97. The van der Waals surface area contributed by atoms with Crippen molar-refractivity contribution >= 4 is 17.5 Å². The smallest absolute Gasteiger partial charge is 0.217 e. The normalized spacial score (nSPS) is 41.3. The fraction of sp³-hybridized carbons (Fsp3) is 0.875. The zero-order valence-corrected chi connectivity index (χ0v) is 8.89. The van der Waals surface area contributed by atoms with Crippen LogP contribution in [-0.2, 0) is 9.53 Å². The Balaban J connectivity index is 2.70. The molecule has 1 heterocycles. The molecule has 4 N–H and O–H groups in total. The van der Waals surface area contributed by atoms with Gasteiger partial charge in [0.1, 0.15) is 18.3 Å². The predicted molar refractivity (Wildman–Crippen MR) is 51.2 cm³/mol. The number of alkyl halides is 1. The van der Waals surface area contributed by atoms with Crippen LogP contribution < -0.4 is 5.32 Å². The fourth-order valence-electron chi connectivity index (χ4n) is 1.46. The topological polar surface area (TPSA) is 99.0 Å². The molecule has 15 heavy (non-hydrogen) atoms. The number of aliphatic hydroxyl groups excluding tert-OH is 3. The van der Waals surface area contributed by atoms with E-state index in [1.165, 1.54) is 6.92 Å². The number of hydrogen-bond acceptors (Lipinski definition) is 5. The SMILES string of the molecule is CC(=O)N[C@H]1[C@@H](O)[C@H](O)[C@@H](CO)O[C@@H]1Cl. The van der Waals surface area contributed by atoms with Gasteiger partial charge < -0.3 is 25.4 Å². The van der Waals surface area contributed by atoms with Gasteiger partial charge in [0.25, 0.3) is 0 Å². The van der Waals surface area contributed by atoms with Crippen LogP contribution in [0.5, 0.6) is 0 Å². The molecule has 0 spiro atoms. The Morgan fingerprint density at radius 3 is 2.53 bits per heavy atom. The highest BCUT2D eigenvalue weighted by atomic mass is 35.5. The van der Waals surface area contributed by atoms with E-state index in [9.17, 15) is 15.0 Å². The summed E-state index contributed by atoms with van der Waals surface area (Å²) in [5.41, 5.74) is -0.982. The standard InChI is InChI=1S/C8H14ClNO5/c1-3(12)10-5-7(14)6(13)4(2-11)15-8(5)9/h4-8,11,13-14H,2H2,1H3,(H,10,12)/t4-,5+,6-,7-,8+/m1/s1. The van der Waals surface area contributed by atoms with Gasteiger partial charge in [-0.1, -0.05) is 11.6 Å². The van der Waals surface area contributed by atoms with E-state index in [1.54, 1.807) is 0 Å². The average Bonchev–Trinajstić information content (AvgIpc) is 2.18. The van der Waals surface area contributed by atoms with Crippen molar-refractivity contribution in [1.82, 2.24) is 5.32 Å². The lowest BCUT2D eigenvalue weighted by atomic mass is 9.98. The summed E-state index contributed by atoms with van der Waals surface area (Å²) in [4.78, 5) is 10.8. The maximum atomic E-state index is 10.8. The number of halogens is 1. The van der Waals surface area contributed by atoms with Crippen LogP contribution >= 0.6 is 11.6 Å². The molecule has 1 aliphatic heterocycles. The van der Waals surface area contributed by atoms with E-state index in [4.69, 9.17) is 21.4 Å². The van der Waals surface area contributed by atoms with E-state index in [1.807, 2.05) is 0 Å². The first kappa shape index (κ1) is 12.7. The summed E-state index contributed by atoms with van der Waals surface area (Å²) in [7, 11) is 0. The van der Waals surface area contributed by atoms with E-state index in [-0.39, 0.29) is 5.91 Å². The first-order valence-corrected chi connectivity index (χ1v) is 4.94. The number of carbonyl (C=O) groups is 1. The number of nitrogens with one attached hydrogen (secondary N) is 1. The zero-order chi connectivity index (χ0) is 11.6. The van der Waals surface area contributed by atoms with Crippen molar-refractivity contribution in [3.05, 3.63) is 0 Å². The Morgan fingerprint density at radius 2 is 2.07 bits per heavy atom. The molecular formula is C8H14ClNO5. The number of amides is 1. The fourth-order valence-corrected chi connectivity index (χ4v) is 1.80. The van der Waals surface area contributed by atoms with Crippen LogP contribution in [0.4, 0.5) is 0 Å². The molecule has 0 aromatic rings. The van der Waals surface area contributed by atoms with E-state index in [0.717, 1.165) is 0 Å². The van der Waals surface area contributed by atoms with Crippen molar-refractivity contribution in [2.24, 2.45) is 0 Å². The van der Waals surface area contributed by atoms with Gasteiger partial charge in [0.05, 0.1) is 12.6 Å². The summed E-state index contributed by atoms with van der Waals surface area (Å²) in [5.74, 6) is -0.386. The molecule has 0 unspecified atom stereocenters. The number of hydrogen-bond donors (Lipinski definition) is 4. The predicted octanol–water partition coefficient (Wildman–Crippen LogP) is -1.83. The van der Waals surface area contributed by atoms with E-state index < -0.39 is 36.5 Å². The summed E-state index contributed by atoms with van der Waals surface area (Å²) >= 11 is 5.74. The largest absolute Gasteiger partial charge is 0.394 e. The second kappa shape index (κ2) is 5.09. The third-order valence-electron chi connectivity index (χ3n) is 2.24. The number of carbonyl (C=O) groups excluding carboxylic acids is 1. The Kier molecular flexibility index (Phi) is 4.30. The molecule has 0 bridgehead atoms. The highest BCUT2D eigenvalue weighted by molar-refractivity contribution is 6.20. The van der Waals surface area contributed by atoms with E-state index >= 15 is 0 Å². The molecule has 0 saturated carbocycles. The summed E-state index contributed by atoms with van der Waals surface area (Å²) in [5, 5.41) is 30.3. The first-order valence-electron chi connectivity index (χ1n) is 4.51. The van der Waals surface area contributed by atoms with Crippen molar-refractivity contribution in [2.45, 2.75) is 36.8 Å². The van der Waals surface area contributed by atoms with Crippen molar-refractivity contribution in [2.75, 3.05) is 6.61 Å². The van der Waals surface area contributed by atoms with Crippen molar-refractivity contribution in [3.63, 3.8) is 0 Å². The van der Waals surface area contributed by atoms with Gasteiger partial charge in [-0.2, -0.15) is 0 Å². The molecule has 7 heteroatoms. The summed E-state index contributed by atoms with van der Waals surface area (Å²) in [6.07, 6.45) is -3.48. The second-order valence-electron chi connectivity index (χ2n) is 3.42. The monoisotopic (exact) mass is 239 g/mol. The van der Waals surface area contributed by atoms with Crippen LogP contribution in [0, 0.1) is 0 Å². The average molecular weight is 240 g/mol. The van der Waals surface area contributed by atoms with Gasteiger partial charge in [0.15, 0.2) is 5.56 Å². The van der Waals surface area contributed by atoms with E-state index in [0.29, 0.717) is 0 Å². The highest BCUT2D eigenvalue weighted by Gasteiger charge is 2.43.